The van der Waals surface area contributed by atoms with Crippen molar-refractivity contribution < 1.29 is 31.0 Å². The Morgan fingerprint density at radius 2 is 0.667 bits per heavy atom. The predicted octanol–water partition coefficient (Wildman–Crippen LogP) is -0.597. The van der Waals surface area contributed by atoms with Crippen molar-refractivity contribution in [3.63, 3.8) is 0 Å². The van der Waals surface area contributed by atoms with Gasteiger partial charge in [0.05, 0.1) is 0 Å². The van der Waals surface area contributed by atoms with Crippen LogP contribution in [0.3, 0.4) is 0 Å². The van der Waals surface area contributed by atoms with Crippen molar-refractivity contribution in [2.75, 3.05) is 0 Å². The van der Waals surface area contributed by atoms with Gasteiger partial charge in [-0.2, -0.15) is 0 Å². The van der Waals surface area contributed by atoms with Crippen molar-refractivity contribution in [1.29, 1.82) is 0 Å². The minimum absolute atomic E-state index is 7.74. The summed E-state index contributed by atoms with van der Waals surface area (Å²) in [5.74, 6) is 0. The van der Waals surface area contributed by atoms with Gasteiger partial charge in [0.2, 0.25) is 0 Å². The van der Waals surface area contributed by atoms with E-state index in [0.717, 1.165) is 0 Å². The van der Waals surface area contributed by atoms with Crippen LogP contribution >= 0.6 is 0 Å². The Balaban J connectivity index is 7.45. The average Bonchev–Trinajstić information content (AvgIpc) is 0.650. The summed E-state index contributed by atoms with van der Waals surface area (Å²) in [6.45, 7) is 0. The SMILES string of the molecule is [O]=[V](=[O])(=[O])(=[O])=[O]. The van der Waals surface area contributed by atoms with Crippen molar-refractivity contribution >= 4 is 0 Å². The van der Waals surface area contributed by atoms with E-state index >= 15 is 0 Å². The van der Waals surface area contributed by atoms with E-state index in [2.05, 4.69) is 0 Å². The van der Waals surface area contributed by atoms with Gasteiger partial charge >= 0.3 is 31.0 Å². The Morgan fingerprint density at radius 3 is 0.667 bits per heavy atom. The third kappa shape index (κ3) is 139. The Morgan fingerprint density at radius 1 is 0.667 bits per heavy atom. The first-order valence-electron chi connectivity index (χ1n) is 0.913. The fraction of sp³-hybridized carbons (Fsp3) is 0. The summed E-state index contributed by atoms with van der Waals surface area (Å²) in [4.78, 5) is 0. The molecular formula is O5V. The number of rotatable bonds is 0. The summed E-state index contributed by atoms with van der Waals surface area (Å²) < 4.78 is 43.2. The van der Waals surface area contributed by atoms with Gasteiger partial charge in [0.15, 0.2) is 0 Å². The molecule has 0 aliphatic heterocycles. The van der Waals surface area contributed by atoms with E-state index in [1.165, 1.54) is 0 Å². The second kappa shape index (κ2) is 0.641. The molecule has 0 heterocycles. The van der Waals surface area contributed by atoms with E-state index in [0.29, 0.717) is 0 Å². The first-order valence-corrected chi connectivity index (χ1v) is 3.76. The fourth-order valence-corrected chi connectivity index (χ4v) is 0. The molecule has 6 heteroatoms. The van der Waals surface area contributed by atoms with Gasteiger partial charge in [-0.3, -0.25) is 0 Å². The zero-order valence-corrected chi connectivity index (χ0v) is 3.89. The molecule has 0 saturated heterocycles. The van der Waals surface area contributed by atoms with E-state index in [9.17, 15) is 0 Å². The van der Waals surface area contributed by atoms with Crippen LogP contribution in [0.4, 0.5) is 0 Å². The molecule has 0 radical (unpaired) electrons. The summed E-state index contributed by atoms with van der Waals surface area (Å²) in [6.07, 6.45) is 0. The second-order valence-electron chi connectivity index (χ2n) is 0.745. The molecule has 0 amide bonds. The summed E-state index contributed by atoms with van der Waals surface area (Å²) in [7, 11) is 0. The predicted molar refractivity (Wildman–Crippen MR) is 3.43 cm³/mol. The monoisotopic (exact) mass is 131 g/mol. The van der Waals surface area contributed by atoms with Crippen LogP contribution < -0.4 is 0 Å². The average molecular weight is 131 g/mol. The van der Waals surface area contributed by atoms with Gasteiger partial charge in [-0.05, 0) is 0 Å². The van der Waals surface area contributed by atoms with Gasteiger partial charge in [0.25, 0.3) is 0 Å². The summed E-state index contributed by atoms with van der Waals surface area (Å²) in [5, 5.41) is 0. The molecule has 0 aliphatic carbocycles. The van der Waals surface area contributed by atoms with E-state index < -0.39 is 12.6 Å². The molecule has 35 valence electrons. The number of hydrogen-bond acceptors (Lipinski definition) is 5. The molecule has 0 aromatic rings. The molecule has 0 rings (SSSR count). The molecule has 0 bridgehead atoms. The Kier molecular flexibility index (Phi) is 0.597. The van der Waals surface area contributed by atoms with E-state index in [1.54, 1.807) is 0 Å². The molecule has 0 unspecified atom stereocenters. The van der Waals surface area contributed by atoms with Crippen molar-refractivity contribution in [2.45, 2.75) is 0 Å². The van der Waals surface area contributed by atoms with Gasteiger partial charge in [0, 0.05) is 0 Å². The molecule has 6 heavy (non-hydrogen) atoms. The van der Waals surface area contributed by atoms with E-state index in [4.69, 9.17) is 18.4 Å². The topological polar surface area (TPSA) is 85.3 Å². The molecule has 0 saturated carbocycles. The molecule has 0 aliphatic rings. The Bertz CT molecular complexity index is 274. The number of hydrogen-bond donors (Lipinski definition) is 0. The minimum atomic E-state index is -7.74. The van der Waals surface area contributed by atoms with E-state index in [-0.39, 0.29) is 0 Å². The zero-order valence-electron chi connectivity index (χ0n) is 2.49. The van der Waals surface area contributed by atoms with Crippen LogP contribution in [0.2, 0.25) is 0 Å². The van der Waals surface area contributed by atoms with Crippen molar-refractivity contribution in [3.05, 3.63) is 0 Å². The summed E-state index contributed by atoms with van der Waals surface area (Å²) >= 11 is -7.74. The van der Waals surface area contributed by atoms with Crippen LogP contribution in [0.5, 0.6) is 0 Å². The second-order valence-corrected chi connectivity index (χ2v) is 3.07. The van der Waals surface area contributed by atoms with E-state index in [1.807, 2.05) is 0 Å². The standard InChI is InChI=1S/5O.V. The Hall–Kier alpha value is -0.416. The quantitative estimate of drug-likeness (QED) is 0.438. The van der Waals surface area contributed by atoms with Crippen LogP contribution in [0.15, 0.2) is 0 Å². The molecule has 0 fully saturated rings. The van der Waals surface area contributed by atoms with Crippen LogP contribution in [-0.4, -0.2) is 0 Å². The third-order valence-electron chi connectivity index (χ3n) is 0. The van der Waals surface area contributed by atoms with Gasteiger partial charge in [0.1, 0.15) is 0 Å². The zero-order chi connectivity index (χ0) is 5.45. The van der Waals surface area contributed by atoms with Gasteiger partial charge < -0.3 is 0 Å². The maximum atomic E-state index is 8.64. The summed E-state index contributed by atoms with van der Waals surface area (Å²) in [5.41, 5.74) is 0. The molecule has 0 aromatic carbocycles. The summed E-state index contributed by atoms with van der Waals surface area (Å²) in [6, 6.07) is 0. The maximum absolute atomic E-state index is 8.64. The van der Waals surface area contributed by atoms with Crippen LogP contribution in [-0.2, 0) is 31.0 Å². The molecular weight excluding hydrogens is 131 g/mol. The van der Waals surface area contributed by atoms with Crippen molar-refractivity contribution in [1.82, 2.24) is 0 Å². The normalized spacial score (nSPS) is 10.0. The van der Waals surface area contributed by atoms with Crippen molar-refractivity contribution in [3.8, 4) is 0 Å². The first kappa shape index (κ1) is 5.58. The first-order chi connectivity index (χ1) is 2.24. The van der Waals surface area contributed by atoms with Crippen LogP contribution in [0.25, 0.3) is 0 Å². The Labute approximate surface area is 31.8 Å². The molecule has 0 atom stereocenters. The fourth-order valence-electron chi connectivity index (χ4n) is 0. The molecule has 0 aromatic heterocycles. The van der Waals surface area contributed by atoms with Gasteiger partial charge in [-0.15, -0.1) is 0 Å². The van der Waals surface area contributed by atoms with Gasteiger partial charge in [-0.25, -0.2) is 0 Å². The third-order valence-corrected chi connectivity index (χ3v) is 0. The molecule has 5 nitrogen and oxygen atoms in total. The van der Waals surface area contributed by atoms with Crippen LogP contribution in [0, 0.1) is 0 Å². The van der Waals surface area contributed by atoms with Crippen LogP contribution in [0.1, 0.15) is 0 Å². The van der Waals surface area contributed by atoms with Gasteiger partial charge in [-0.1, -0.05) is 0 Å². The molecule has 0 N–H and O–H groups in total. The molecule has 0 spiro atoms. The van der Waals surface area contributed by atoms with Crippen molar-refractivity contribution in [2.24, 2.45) is 0 Å².